The molecule has 5 nitrogen and oxygen atoms in total. The van der Waals surface area contributed by atoms with Crippen molar-refractivity contribution < 1.29 is 4.79 Å². The van der Waals surface area contributed by atoms with E-state index < -0.39 is 0 Å². The topological polar surface area (TPSA) is 58.1 Å². The SMILES string of the molecule is CCC(C)NC(=O)c1sc2nc(C)nc(N3CCC(C)CC3)c2c1C. The number of nitrogens with zero attached hydrogens (tertiary/aromatic N) is 3. The van der Waals surface area contributed by atoms with Gasteiger partial charge in [0, 0.05) is 19.1 Å². The molecular weight excluding hydrogens is 332 g/mol. The van der Waals surface area contributed by atoms with E-state index in [4.69, 9.17) is 4.98 Å². The summed E-state index contributed by atoms with van der Waals surface area (Å²) in [6.07, 6.45) is 3.30. The summed E-state index contributed by atoms with van der Waals surface area (Å²) in [5.41, 5.74) is 1.01. The molecule has 0 aliphatic carbocycles. The lowest BCUT2D eigenvalue weighted by molar-refractivity contribution is 0.0943. The third kappa shape index (κ3) is 3.64. The Balaban J connectivity index is 2.02. The first kappa shape index (κ1) is 18.1. The van der Waals surface area contributed by atoms with Crippen molar-refractivity contribution in [3.63, 3.8) is 0 Å². The summed E-state index contributed by atoms with van der Waals surface area (Å²) >= 11 is 1.49. The average Bonchev–Trinajstić information content (AvgIpc) is 2.91. The van der Waals surface area contributed by atoms with E-state index in [1.807, 2.05) is 20.8 Å². The Morgan fingerprint density at radius 2 is 2.00 bits per heavy atom. The molecule has 1 aliphatic rings. The van der Waals surface area contributed by atoms with Crippen LogP contribution in [0.15, 0.2) is 0 Å². The Kier molecular flexibility index (Phi) is 5.27. The summed E-state index contributed by atoms with van der Waals surface area (Å²) in [7, 11) is 0. The number of carbonyl (C=O) groups excluding carboxylic acids is 1. The van der Waals surface area contributed by atoms with Crippen molar-refractivity contribution in [2.45, 2.75) is 59.9 Å². The normalized spacial score (nSPS) is 17.1. The van der Waals surface area contributed by atoms with Crippen molar-refractivity contribution in [3.8, 4) is 0 Å². The number of aryl methyl sites for hydroxylation is 2. The van der Waals surface area contributed by atoms with Crippen LogP contribution in [0.2, 0.25) is 0 Å². The number of thiophene rings is 1. The molecule has 0 spiro atoms. The molecule has 1 aliphatic heterocycles. The van der Waals surface area contributed by atoms with Gasteiger partial charge in [0.25, 0.3) is 5.91 Å². The number of piperidine rings is 1. The molecule has 1 N–H and O–H groups in total. The van der Waals surface area contributed by atoms with Crippen molar-refractivity contribution in [3.05, 3.63) is 16.3 Å². The Morgan fingerprint density at radius 3 is 2.64 bits per heavy atom. The van der Waals surface area contributed by atoms with E-state index in [2.05, 4.69) is 29.0 Å². The lowest BCUT2D eigenvalue weighted by atomic mass is 9.99. The van der Waals surface area contributed by atoms with E-state index in [0.717, 1.165) is 57.7 Å². The largest absolute Gasteiger partial charge is 0.356 e. The van der Waals surface area contributed by atoms with Crippen LogP contribution in [0.3, 0.4) is 0 Å². The second-order valence-electron chi connectivity index (χ2n) is 7.28. The summed E-state index contributed by atoms with van der Waals surface area (Å²) in [6, 6.07) is 0.174. The highest BCUT2D eigenvalue weighted by Gasteiger charge is 2.25. The Labute approximate surface area is 153 Å². The van der Waals surface area contributed by atoms with Crippen molar-refractivity contribution in [2.24, 2.45) is 5.92 Å². The van der Waals surface area contributed by atoms with Gasteiger partial charge in [0.05, 0.1) is 10.3 Å². The van der Waals surface area contributed by atoms with Gasteiger partial charge in [-0.25, -0.2) is 9.97 Å². The second kappa shape index (κ2) is 7.28. The molecule has 1 amide bonds. The summed E-state index contributed by atoms with van der Waals surface area (Å²) in [6.45, 7) is 12.4. The van der Waals surface area contributed by atoms with E-state index in [1.165, 1.54) is 24.2 Å². The number of hydrogen-bond donors (Lipinski definition) is 1. The molecule has 0 saturated carbocycles. The molecule has 25 heavy (non-hydrogen) atoms. The molecule has 0 bridgehead atoms. The Morgan fingerprint density at radius 1 is 1.32 bits per heavy atom. The van der Waals surface area contributed by atoms with Crippen molar-refractivity contribution in [1.82, 2.24) is 15.3 Å². The summed E-state index contributed by atoms with van der Waals surface area (Å²) in [5.74, 6) is 2.56. The molecular formula is C19H28N4OS. The summed E-state index contributed by atoms with van der Waals surface area (Å²) < 4.78 is 0. The lowest BCUT2D eigenvalue weighted by Crippen LogP contribution is -2.33. The van der Waals surface area contributed by atoms with E-state index in [1.54, 1.807) is 0 Å². The van der Waals surface area contributed by atoms with Crippen molar-refractivity contribution in [2.75, 3.05) is 18.0 Å². The highest BCUT2D eigenvalue weighted by atomic mass is 32.1. The third-order valence-electron chi connectivity index (χ3n) is 5.16. The number of fused-ring (bicyclic) bond motifs is 1. The van der Waals surface area contributed by atoms with Gasteiger partial charge >= 0.3 is 0 Å². The maximum Gasteiger partial charge on any atom is 0.261 e. The minimum Gasteiger partial charge on any atom is -0.356 e. The quantitative estimate of drug-likeness (QED) is 0.893. The van der Waals surface area contributed by atoms with Crippen LogP contribution in [0.5, 0.6) is 0 Å². The zero-order chi connectivity index (χ0) is 18.1. The lowest BCUT2D eigenvalue weighted by Gasteiger charge is -2.31. The van der Waals surface area contributed by atoms with Crippen LogP contribution < -0.4 is 10.2 Å². The first-order valence-electron chi connectivity index (χ1n) is 9.24. The third-order valence-corrected chi connectivity index (χ3v) is 6.35. The molecule has 3 heterocycles. The number of hydrogen-bond acceptors (Lipinski definition) is 5. The molecule has 1 unspecified atom stereocenters. The number of anilines is 1. The van der Waals surface area contributed by atoms with E-state index >= 15 is 0 Å². The van der Waals surface area contributed by atoms with E-state index in [9.17, 15) is 4.79 Å². The van der Waals surface area contributed by atoms with Crippen LogP contribution in [0.25, 0.3) is 10.2 Å². The van der Waals surface area contributed by atoms with E-state index in [0.29, 0.717) is 0 Å². The van der Waals surface area contributed by atoms with Gasteiger partial charge < -0.3 is 10.2 Å². The zero-order valence-corrected chi connectivity index (χ0v) is 16.7. The number of amides is 1. The Bertz CT molecular complexity index is 777. The van der Waals surface area contributed by atoms with Crippen molar-refractivity contribution in [1.29, 1.82) is 0 Å². The van der Waals surface area contributed by atoms with Crippen LogP contribution in [0.4, 0.5) is 5.82 Å². The standard InChI is InChI=1S/C19H28N4OS/c1-6-12(3)20-18(24)16-13(4)15-17(21-14(5)22-19(15)25-16)23-9-7-11(2)8-10-23/h11-12H,6-10H2,1-5H3,(H,20,24). The maximum atomic E-state index is 12.7. The molecule has 1 fully saturated rings. The maximum absolute atomic E-state index is 12.7. The summed E-state index contributed by atoms with van der Waals surface area (Å²) in [4.78, 5) is 26.1. The smallest absolute Gasteiger partial charge is 0.261 e. The van der Waals surface area contributed by atoms with Crippen LogP contribution in [0, 0.1) is 19.8 Å². The number of rotatable bonds is 4. The van der Waals surface area contributed by atoms with Gasteiger partial charge in [-0.3, -0.25) is 4.79 Å². The average molecular weight is 361 g/mol. The molecule has 1 atom stereocenters. The number of carbonyl (C=O) groups is 1. The number of nitrogens with one attached hydrogen (secondary N) is 1. The Hall–Kier alpha value is -1.69. The molecule has 2 aromatic rings. The van der Waals surface area contributed by atoms with E-state index in [-0.39, 0.29) is 11.9 Å². The fourth-order valence-electron chi connectivity index (χ4n) is 3.28. The van der Waals surface area contributed by atoms with Gasteiger partial charge in [-0.1, -0.05) is 13.8 Å². The zero-order valence-electron chi connectivity index (χ0n) is 15.8. The summed E-state index contributed by atoms with van der Waals surface area (Å²) in [5, 5.41) is 4.13. The van der Waals surface area contributed by atoms with Gasteiger partial charge in [-0.2, -0.15) is 0 Å². The molecule has 1 saturated heterocycles. The van der Waals surface area contributed by atoms with Gasteiger partial charge in [0.2, 0.25) is 0 Å². The van der Waals surface area contributed by atoms with Crippen LogP contribution >= 0.6 is 11.3 Å². The molecule has 0 aromatic carbocycles. The molecule has 6 heteroatoms. The molecule has 3 rings (SSSR count). The number of aromatic nitrogens is 2. The monoisotopic (exact) mass is 360 g/mol. The van der Waals surface area contributed by atoms with Gasteiger partial charge in [-0.15, -0.1) is 11.3 Å². The molecule has 136 valence electrons. The van der Waals surface area contributed by atoms with Crippen LogP contribution in [0.1, 0.15) is 61.1 Å². The fourth-order valence-corrected chi connectivity index (χ4v) is 4.40. The highest BCUT2D eigenvalue weighted by Crippen LogP contribution is 2.36. The first-order chi connectivity index (χ1) is 11.9. The molecule has 2 aromatic heterocycles. The minimum atomic E-state index is 0.00530. The predicted molar refractivity (Wildman–Crippen MR) is 105 cm³/mol. The van der Waals surface area contributed by atoms with Crippen molar-refractivity contribution >= 4 is 33.3 Å². The van der Waals surface area contributed by atoms with Crippen LogP contribution in [-0.2, 0) is 0 Å². The van der Waals surface area contributed by atoms with Gasteiger partial charge in [-0.05, 0) is 51.5 Å². The first-order valence-corrected chi connectivity index (χ1v) is 10.1. The fraction of sp³-hybridized carbons (Fsp3) is 0.632. The predicted octanol–water partition coefficient (Wildman–Crippen LogP) is 4.07. The van der Waals surface area contributed by atoms with Crippen LogP contribution in [-0.4, -0.2) is 35.0 Å². The van der Waals surface area contributed by atoms with Gasteiger partial charge in [0.15, 0.2) is 0 Å². The highest BCUT2D eigenvalue weighted by molar-refractivity contribution is 7.20. The second-order valence-corrected chi connectivity index (χ2v) is 8.28. The van der Waals surface area contributed by atoms with Gasteiger partial charge in [0.1, 0.15) is 16.5 Å². The molecule has 0 radical (unpaired) electrons. The minimum absolute atomic E-state index is 0.00530.